The van der Waals surface area contributed by atoms with Gasteiger partial charge in [0.05, 0.1) is 22.5 Å². The molecule has 0 aromatic carbocycles. The molecule has 0 unspecified atom stereocenters. The summed E-state index contributed by atoms with van der Waals surface area (Å²) in [6.45, 7) is 6.02. The van der Waals surface area contributed by atoms with E-state index < -0.39 is 0 Å². The second kappa shape index (κ2) is 3.68. The Morgan fingerprint density at radius 2 is 2.11 bits per heavy atom. The summed E-state index contributed by atoms with van der Waals surface area (Å²) >= 11 is 1.72. The first-order valence-electron chi connectivity index (χ1n) is 5.97. The molecule has 5 heteroatoms. The fourth-order valence-corrected chi connectivity index (χ4v) is 3.43. The summed E-state index contributed by atoms with van der Waals surface area (Å²) < 4.78 is 4.68. The molecule has 0 saturated carbocycles. The lowest BCUT2D eigenvalue weighted by Crippen LogP contribution is -2.25. The Balaban J connectivity index is 2.53. The van der Waals surface area contributed by atoms with Gasteiger partial charge in [0.1, 0.15) is 5.52 Å². The average Bonchev–Trinajstić information content (AvgIpc) is 2.78. The van der Waals surface area contributed by atoms with Crippen molar-refractivity contribution in [2.75, 3.05) is 0 Å². The smallest absolute Gasteiger partial charge is 0.291 e. The minimum absolute atomic E-state index is 0.00828. The predicted octanol–water partition coefficient (Wildman–Crippen LogP) is 2.84. The van der Waals surface area contributed by atoms with E-state index >= 15 is 0 Å². The van der Waals surface area contributed by atoms with Crippen molar-refractivity contribution < 1.29 is 0 Å². The summed E-state index contributed by atoms with van der Waals surface area (Å²) in [6.07, 6.45) is 1.81. The fraction of sp³-hybridized carbons (Fsp3) is 0.385. The van der Waals surface area contributed by atoms with Gasteiger partial charge in [0.25, 0.3) is 5.56 Å². The van der Waals surface area contributed by atoms with Gasteiger partial charge in [-0.15, -0.1) is 11.3 Å². The Kier molecular flexibility index (Phi) is 2.35. The minimum atomic E-state index is -0.00828. The molecular weight excluding hydrogens is 246 g/mol. The summed E-state index contributed by atoms with van der Waals surface area (Å²) in [5, 5.41) is 5.24. The van der Waals surface area contributed by atoms with Crippen LogP contribution in [0.25, 0.3) is 21.1 Å². The van der Waals surface area contributed by atoms with Crippen LogP contribution >= 0.6 is 11.3 Å². The third kappa shape index (κ3) is 1.37. The molecule has 3 aromatic rings. The standard InChI is InChI=1S/C13H15N3OS/c1-7(2)16-13(17)11-9(6-14-16)12-10(15(11)4)5-8(3)18-12/h5-7H,1-4H3. The van der Waals surface area contributed by atoms with Crippen molar-refractivity contribution in [3.8, 4) is 0 Å². The number of fused-ring (bicyclic) bond motifs is 3. The Labute approximate surface area is 108 Å². The largest absolute Gasteiger partial charge is 0.338 e. The van der Waals surface area contributed by atoms with Gasteiger partial charge in [0.2, 0.25) is 0 Å². The molecule has 94 valence electrons. The lowest BCUT2D eigenvalue weighted by molar-refractivity contribution is 0.506. The van der Waals surface area contributed by atoms with Crippen LogP contribution in [0.2, 0.25) is 0 Å². The minimum Gasteiger partial charge on any atom is -0.338 e. The van der Waals surface area contributed by atoms with Crippen LogP contribution in [0.5, 0.6) is 0 Å². The molecule has 0 aliphatic carbocycles. The molecule has 0 saturated heterocycles. The maximum atomic E-state index is 12.4. The molecule has 0 fully saturated rings. The average molecular weight is 261 g/mol. The van der Waals surface area contributed by atoms with E-state index in [1.165, 1.54) is 4.88 Å². The Morgan fingerprint density at radius 1 is 1.39 bits per heavy atom. The van der Waals surface area contributed by atoms with Crippen molar-refractivity contribution in [2.24, 2.45) is 7.05 Å². The van der Waals surface area contributed by atoms with Crippen molar-refractivity contribution in [3.63, 3.8) is 0 Å². The highest BCUT2D eigenvalue weighted by molar-refractivity contribution is 7.20. The maximum Gasteiger partial charge on any atom is 0.291 e. The van der Waals surface area contributed by atoms with Crippen molar-refractivity contribution in [3.05, 3.63) is 27.5 Å². The number of hydrogen-bond acceptors (Lipinski definition) is 3. The van der Waals surface area contributed by atoms with E-state index in [2.05, 4.69) is 18.1 Å². The van der Waals surface area contributed by atoms with Crippen LogP contribution in [0.4, 0.5) is 0 Å². The summed E-state index contributed by atoms with van der Waals surface area (Å²) in [5.74, 6) is 0. The van der Waals surface area contributed by atoms with Crippen LogP contribution in [0.15, 0.2) is 17.1 Å². The van der Waals surface area contributed by atoms with Crippen LogP contribution in [0.1, 0.15) is 24.8 Å². The molecule has 0 aliphatic rings. The van der Waals surface area contributed by atoms with E-state index in [0.29, 0.717) is 0 Å². The second-order valence-corrected chi connectivity index (χ2v) is 6.14. The van der Waals surface area contributed by atoms with Crippen molar-refractivity contribution >= 4 is 32.5 Å². The lowest BCUT2D eigenvalue weighted by Gasteiger charge is -2.08. The van der Waals surface area contributed by atoms with Gasteiger partial charge in [0.15, 0.2) is 0 Å². The highest BCUT2D eigenvalue weighted by Crippen LogP contribution is 2.32. The molecule has 0 aliphatic heterocycles. The van der Waals surface area contributed by atoms with Crippen molar-refractivity contribution in [1.82, 2.24) is 14.3 Å². The molecule has 0 atom stereocenters. The first kappa shape index (κ1) is 11.5. The van der Waals surface area contributed by atoms with Gasteiger partial charge >= 0.3 is 0 Å². The Bertz CT molecular complexity index is 807. The molecule has 18 heavy (non-hydrogen) atoms. The number of rotatable bonds is 1. The molecule has 3 aromatic heterocycles. The molecule has 0 amide bonds. The molecular formula is C13H15N3OS. The molecule has 0 bridgehead atoms. The third-order valence-corrected chi connectivity index (χ3v) is 4.32. The van der Waals surface area contributed by atoms with Gasteiger partial charge in [-0.3, -0.25) is 4.79 Å². The van der Waals surface area contributed by atoms with Crippen LogP contribution in [0.3, 0.4) is 0 Å². The summed E-state index contributed by atoms with van der Waals surface area (Å²) in [4.78, 5) is 13.7. The third-order valence-electron chi connectivity index (χ3n) is 3.24. The van der Waals surface area contributed by atoms with E-state index in [0.717, 1.165) is 21.1 Å². The highest BCUT2D eigenvalue weighted by atomic mass is 32.1. The fourth-order valence-electron chi connectivity index (χ4n) is 2.38. The van der Waals surface area contributed by atoms with Crippen LogP contribution in [-0.2, 0) is 7.05 Å². The van der Waals surface area contributed by atoms with Gasteiger partial charge in [-0.2, -0.15) is 5.10 Å². The Morgan fingerprint density at radius 3 is 2.78 bits per heavy atom. The Hall–Kier alpha value is -1.62. The van der Waals surface area contributed by atoms with Gasteiger partial charge in [-0.1, -0.05) is 0 Å². The normalized spacial score (nSPS) is 12.1. The van der Waals surface area contributed by atoms with Gasteiger partial charge in [-0.05, 0) is 26.8 Å². The number of aromatic nitrogens is 3. The number of hydrogen-bond donors (Lipinski definition) is 0. The monoisotopic (exact) mass is 261 g/mol. The topological polar surface area (TPSA) is 39.8 Å². The highest BCUT2D eigenvalue weighted by Gasteiger charge is 2.16. The molecule has 4 nitrogen and oxygen atoms in total. The quantitative estimate of drug-likeness (QED) is 0.675. The van der Waals surface area contributed by atoms with Gasteiger partial charge < -0.3 is 4.57 Å². The molecule has 3 heterocycles. The van der Waals surface area contributed by atoms with Gasteiger partial charge in [0, 0.05) is 17.3 Å². The first-order chi connectivity index (χ1) is 8.50. The van der Waals surface area contributed by atoms with E-state index in [4.69, 9.17) is 0 Å². The van der Waals surface area contributed by atoms with E-state index in [1.807, 2.05) is 31.7 Å². The predicted molar refractivity (Wildman–Crippen MR) is 75.5 cm³/mol. The lowest BCUT2D eigenvalue weighted by atomic mass is 10.3. The molecule has 3 rings (SSSR count). The zero-order chi connectivity index (χ0) is 13.0. The zero-order valence-corrected chi connectivity index (χ0v) is 11.7. The second-order valence-electron chi connectivity index (χ2n) is 4.88. The maximum absolute atomic E-state index is 12.4. The summed E-state index contributed by atoms with van der Waals surface area (Å²) in [5.41, 5.74) is 1.86. The van der Waals surface area contributed by atoms with Crippen LogP contribution < -0.4 is 5.56 Å². The summed E-state index contributed by atoms with van der Waals surface area (Å²) in [6, 6.07) is 2.20. The molecule has 0 N–H and O–H groups in total. The van der Waals surface area contributed by atoms with E-state index in [1.54, 1.807) is 16.0 Å². The number of nitrogens with zero attached hydrogens (tertiary/aromatic N) is 3. The van der Waals surface area contributed by atoms with Gasteiger partial charge in [-0.25, -0.2) is 4.68 Å². The van der Waals surface area contributed by atoms with Crippen LogP contribution in [0, 0.1) is 6.92 Å². The molecule has 0 spiro atoms. The number of aryl methyl sites for hydroxylation is 2. The number of thiophene rings is 1. The summed E-state index contributed by atoms with van der Waals surface area (Å²) in [7, 11) is 1.95. The van der Waals surface area contributed by atoms with Crippen LogP contribution in [-0.4, -0.2) is 14.3 Å². The SMILES string of the molecule is Cc1cc2c(s1)c1cnn(C(C)C)c(=O)c1n2C. The zero-order valence-electron chi connectivity index (χ0n) is 10.9. The van der Waals surface area contributed by atoms with Crippen molar-refractivity contribution in [2.45, 2.75) is 26.8 Å². The first-order valence-corrected chi connectivity index (χ1v) is 6.78. The van der Waals surface area contributed by atoms with E-state index in [-0.39, 0.29) is 11.6 Å². The molecule has 0 radical (unpaired) electrons. The van der Waals surface area contributed by atoms with Crippen molar-refractivity contribution in [1.29, 1.82) is 0 Å². The van der Waals surface area contributed by atoms with E-state index in [9.17, 15) is 4.79 Å².